The lowest BCUT2D eigenvalue weighted by Gasteiger charge is -2.19. The minimum absolute atomic E-state index is 0.209. The van der Waals surface area contributed by atoms with Gasteiger partial charge in [0.25, 0.3) is 0 Å². The predicted molar refractivity (Wildman–Crippen MR) is 76.8 cm³/mol. The highest BCUT2D eigenvalue weighted by atomic mass is 32.2. The monoisotopic (exact) mass is 248 g/mol. The van der Waals surface area contributed by atoms with Crippen molar-refractivity contribution in [3.05, 3.63) is 30.3 Å². The fourth-order valence-corrected chi connectivity index (χ4v) is 2.53. The molecule has 0 spiro atoms. The van der Waals surface area contributed by atoms with Crippen LogP contribution in [-0.2, 0) is 0 Å². The van der Waals surface area contributed by atoms with Gasteiger partial charge in [-0.25, -0.2) is 0 Å². The first-order valence-corrected chi connectivity index (χ1v) is 6.99. The van der Waals surface area contributed by atoms with Crippen LogP contribution in [0.2, 0.25) is 0 Å². The molecule has 0 amide bonds. The summed E-state index contributed by atoms with van der Waals surface area (Å²) in [4.78, 5) is 3.43. The molecule has 0 atom stereocenters. The highest BCUT2D eigenvalue weighted by Crippen LogP contribution is 2.22. The summed E-state index contributed by atoms with van der Waals surface area (Å²) in [5.74, 6) is 1.09. The fraction of sp³-hybridized carbons (Fsp3) is 0.429. The molecule has 0 bridgehead atoms. The first-order valence-electron chi connectivity index (χ1n) is 6.00. The molecule has 2 nitrogen and oxygen atoms in total. The van der Waals surface area contributed by atoms with Crippen molar-refractivity contribution in [2.75, 3.05) is 12.3 Å². The molecule has 17 heavy (non-hydrogen) atoms. The lowest BCUT2D eigenvalue weighted by molar-refractivity contribution is 0.441. The molecule has 92 valence electrons. The van der Waals surface area contributed by atoms with E-state index in [4.69, 9.17) is 0 Å². The van der Waals surface area contributed by atoms with E-state index in [1.165, 1.54) is 15.9 Å². The molecule has 2 N–H and O–H groups in total. The van der Waals surface area contributed by atoms with Gasteiger partial charge >= 0.3 is 0 Å². The number of H-pyrrole nitrogens is 1. The van der Waals surface area contributed by atoms with Crippen molar-refractivity contribution in [2.24, 2.45) is 0 Å². The summed E-state index contributed by atoms with van der Waals surface area (Å²) < 4.78 is 0. The first kappa shape index (κ1) is 12.5. The minimum Gasteiger partial charge on any atom is -0.350 e. The highest BCUT2D eigenvalue weighted by Gasteiger charge is 2.07. The third-order valence-electron chi connectivity index (χ3n) is 2.52. The van der Waals surface area contributed by atoms with E-state index < -0.39 is 0 Å². The standard InChI is InChI=1S/C14H20N2S/c1-14(2,3)15-8-9-17-13-10-11-6-4-5-7-12(11)16-13/h4-7,10,15-16H,8-9H2,1-3H3. The fourth-order valence-electron chi connectivity index (χ4n) is 1.71. The maximum atomic E-state index is 3.49. The van der Waals surface area contributed by atoms with Gasteiger partial charge in [0.1, 0.15) is 0 Å². The van der Waals surface area contributed by atoms with Crippen molar-refractivity contribution in [1.29, 1.82) is 0 Å². The lowest BCUT2D eigenvalue weighted by atomic mass is 10.1. The SMILES string of the molecule is CC(C)(C)NCCSc1cc2ccccc2[nH]1. The van der Waals surface area contributed by atoms with Crippen LogP contribution in [0.5, 0.6) is 0 Å². The molecule has 0 unspecified atom stereocenters. The van der Waals surface area contributed by atoms with E-state index in [9.17, 15) is 0 Å². The number of hydrogen-bond acceptors (Lipinski definition) is 2. The van der Waals surface area contributed by atoms with E-state index in [-0.39, 0.29) is 5.54 Å². The molecule has 0 radical (unpaired) electrons. The number of hydrogen-bond donors (Lipinski definition) is 2. The molecule has 0 aliphatic heterocycles. The largest absolute Gasteiger partial charge is 0.350 e. The Bertz CT molecular complexity index is 449. The second-order valence-corrected chi connectivity index (χ2v) is 6.38. The van der Waals surface area contributed by atoms with E-state index in [2.05, 4.69) is 61.4 Å². The number of rotatable bonds is 4. The average molecular weight is 248 g/mol. The number of benzene rings is 1. The Morgan fingerprint density at radius 1 is 1.24 bits per heavy atom. The molecule has 0 aliphatic rings. The van der Waals surface area contributed by atoms with Gasteiger partial charge < -0.3 is 10.3 Å². The van der Waals surface area contributed by atoms with E-state index in [0.717, 1.165) is 12.3 Å². The minimum atomic E-state index is 0.209. The Balaban J connectivity index is 1.87. The third-order valence-corrected chi connectivity index (χ3v) is 3.46. The number of nitrogens with one attached hydrogen (secondary N) is 2. The van der Waals surface area contributed by atoms with Gasteiger partial charge in [0.15, 0.2) is 0 Å². The topological polar surface area (TPSA) is 27.8 Å². The van der Waals surface area contributed by atoms with Gasteiger partial charge in [-0.2, -0.15) is 0 Å². The summed E-state index contributed by atoms with van der Waals surface area (Å²) in [6.45, 7) is 7.62. The summed E-state index contributed by atoms with van der Waals surface area (Å²) in [5.41, 5.74) is 1.43. The Morgan fingerprint density at radius 2 is 2.00 bits per heavy atom. The molecule has 2 rings (SSSR count). The van der Waals surface area contributed by atoms with Crippen LogP contribution in [0.15, 0.2) is 35.4 Å². The van der Waals surface area contributed by atoms with Gasteiger partial charge in [0, 0.05) is 28.7 Å². The van der Waals surface area contributed by atoms with E-state index in [1.807, 2.05) is 11.8 Å². The van der Waals surface area contributed by atoms with Crippen molar-refractivity contribution in [3.8, 4) is 0 Å². The van der Waals surface area contributed by atoms with Crippen molar-refractivity contribution >= 4 is 22.7 Å². The number of aromatic amines is 1. The van der Waals surface area contributed by atoms with Crippen LogP contribution in [0.4, 0.5) is 0 Å². The molecule has 0 aliphatic carbocycles. The van der Waals surface area contributed by atoms with Crippen LogP contribution in [0.3, 0.4) is 0 Å². The van der Waals surface area contributed by atoms with Crippen LogP contribution in [-0.4, -0.2) is 22.8 Å². The van der Waals surface area contributed by atoms with E-state index in [1.54, 1.807) is 0 Å². The Hall–Kier alpha value is -0.930. The first-order chi connectivity index (χ1) is 8.04. The molecule has 3 heteroatoms. The molecule has 1 aromatic carbocycles. The van der Waals surface area contributed by atoms with Crippen LogP contribution < -0.4 is 5.32 Å². The van der Waals surface area contributed by atoms with Crippen molar-refractivity contribution in [1.82, 2.24) is 10.3 Å². The Kier molecular flexibility index (Phi) is 3.79. The molecule has 0 saturated heterocycles. The highest BCUT2D eigenvalue weighted by molar-refractivity contribution is 7.99. The molecular formula is C14H20N2S. The second-order valence-electron chi connectivity index (χ2n) is 5.25. The molecular weight excluding hydrogens is 228 g/mol. The molecule has 0 fully saturated rings. The van der Waals surface area contributed by atoms with Gasteiger partial charge in [0.2, 0.25) is 0 Å². The molecule has 1 heterocycles. The zero-order valence-electron chi connectivity index (χ0n) is 10.7. The normalized spacial score (nSPS) is 12.2. The van der Waals surface area contributed by atoms with Crippen molar-refractivity contribution in [2.45, 2.75) is 31.3 Å². The van der Waals surface area contributed by atoms with E-state index >= 15 is 0 Å². The third kappa shape index (κ3) is 3.79. The van der Waals surface area contributed by atoms with Crippen molar-refractivity contribution in [3.63, 3.8) is 0 Å². The van der Waals surface area contributed by atoms with Gasteiger partial charge in [0.05, 0.1) is 5.03 Å². The number of para-hydroxylation sites is 1. The molecule has 0 saturated carbocycles. The zero-order chi connectivity index (χ0) is 12.3. The van der Waals surface area contributed by atoms with Gasteiger partial charge in [-0.05, 0) is 32.9 Å². The van der Waals surface area contributed by atoms with Gasteiger partial charge in [-0.15, -0.1) is 11.8 Å². The lowest BCUT2D eigenvalue weighted by Crippen LogP contribution is -2.37. The summed E-state index contributed by atoms with van der Waals surface area (Å²) in [5, 5.41) is 6.03. The quantitative estimate of drug-likeness (QED) is 0.638. The summed E-state index contributed by atoms with van der Waals surface area (Å²) in [6, 6.07) is 10.6. The van der Waals surface area contributed by atoms with Gasteiger partial charge in [-0.1, -0.05) is 18.2 Å². The van der Waals surface area contributed by atoms with Crippen LogP contribution in [0.25, 0.3) is 10.9 Å². The van der Waals surface area contributed by atoms with Crippen LogP contribution >= 0.6 is 11.8 Å². The summed E-state index contributed by atoms with van der Waals surface area (Å²) >= 11 is 1.87. The summed E-state index contributed by atoms with van der Waals surface area (Å²) in [6.07, 6.45) is 0. The van der Waals surface area contributed by atoms with Crippen LogP contribution in [0, 0.1) is 0 Å². The van der Waals surface area contributed by atoms with Crippen molar-refractivity contribution < 1.29 is 0 Å². The molecule has 2 aromatic rings. The Morgan fingerprint density at radius 3 is 2.71 bits per heavy atom. The Labute approximate surface area is 107 Å². The number of aromatic nitrogens is 1. The predicted octanol–water partition coefficient (Wildman–Crippen LogP) is 3.65. The summed E-state index contributed by atoms with van der Waals surface area (Å²) in [7, 11) is 0. The van der Waals surface area contributed by atoms with Crippen LogP contribution in [0.1, 0.15) is 20.8 Å². The maximum absolute atomic E-state index is 3.49. The van der Waals surface area contributed by atoms with E-state index in [0.29, 0.717) is 0 Å². The zero-order valence-corrected chi connectivity index (χ0v) is 11.5. The molecule has 1 aromatic heterocycles. The average Bonchev–Trinajstić information content (AvgIpc) is 2.65. The smallest absolute Gasteiger partial charge is 0.0732 e. The number of thioether (sulfide) groups is 1. The maximum Gasteiger partial charge on any atom is 0.0732 e. The second kappa shape index (κ2) is 5.15. The van der Waals surface area contributed by atoms with Gasteiger partial charge in [-0.3, -0.25) is 0 Å². The number of fused-ring (bicyclic) bond motifs is 1.